The average Bonchev–Trinajstić information content (AvgIpc) is 3.13. The lowest BCUT2D eigenvalue weighted by Crippen LogP contribution is -2.30. The van der Waals surface area contributed by atoms with Gasteiger partial charge in [-0.3, -0.25) is 4.79 Å². The fourth-order valence-electron chi connectivity index (χ4n) is 2.97. The van der Waals surface area contributed by atoms with Crippen molar-refractivity contribution in [1.82, 2.24) is 24.4 Å². The average molecular weight is 465 g/mol. The smallest absolute Gasteiger partial charge is 0.243 e. The second-order valence-corrected chi connectivity index (χ2v) is 10.0. The van der Waals surface area contributed by atoms with Crippen LogP contribution in [-0.4, -0.2) is 58.8 Å². The molecule has 1 heterocycles. The fourth-order valence-corrected chi connectivity index (χ4v) is 5.25. The van der Waals surface area contributed by atoms with E-state index in [0.717, 1.165) is 0 Å². The van der Waals surface area contributed by atoms with Crippen LogP contribution in [0.25, 0.3) is 11.4 Å². The molecule has 2 aromatic rings. The molecule has 0 atom stereocenters. The van der Waals surface area contributed by atoms with Crippen molar-refractivity contribution in [2.45, 2.75) is 44.3 Å². The van der Waals surface area contributed by atoms with Gasteiger partial charge in [-0.15, -0.1) is 10.2 Å². The predicted octanol–water partition coefficient (Wildman–Crippen LogP) is 2.36. The van der Waals surface area contributed by atoms with E-state index >= 15 is 0 Å². The molecule has 0 aliphatic heterocycles. The Hall–Kier alpha value is -2.42. The lowest BCUT2D eigenvalue weighted by molar-refractivity contribution is -0.118. The van der Waals surface area contributed by atoms with Crippen molar-refractivity contribution in [3.63, 3.8) is 0 Å². The molecule has 1 aromatic carbocycles. The fraction of sp³-hybridized carbons (Fsp3) is 0.500. The van der Waals surface area contributed by atoms with Gasteiger partial charge in [0.05, 0.1) is 16.7 Å². The molecule has 0 aliphatic rings. The molecule has 0 aliphatic carbocycles. The molecule has 0 radical (unpaired) electrons. The lowest BCUT2D eigenvalue weighted by Gasteiger charge is -2.19. The van der Waals surface area contributed by atoms with Gasteiger partial charge in [0, 0.05) is 25.2 Å². The van der Waals surface area contributed by atoms with E-state index in [1.165, 1.54) is 16.1 Å². The van der Waals surface area contributed by atoms with Crippen LogP contribution in [0.15, 0.2) is 34.3 Å². The maximum atomic E-state index is 12.9. The molecule has 1 amide bonds. The number of carbonyl (C=O) groups excluding carboxylic acids is 1. The molecule has 0 unspecified atom stereocenters. The molecular weight excluding hydrogens is 436 g/mol. The van der Waals surface area contributed by atoms with Gasteiger partial charge < -0.3 is 9.88 Å². The number of amides is 1. The van der Waals surface area contributed by atoms with Crippen molar-refractivity contribution in [3.05, 3.63) is 24.3 Å². The van der Waals surface area contributed by atoms with E-state index in [-0.39, 0.29) is 29.0 Å². The van der Waals surface area contributed by atoms with Gasteiger partial charge in [-0.25, -0.2) is 8.42 Å². The quantitative estimate of drug-likeness (QED) is 0.400. The van der Waals surface area contributed by atoms with Gasteiger partial charge in [0.15, 0.2) is 11.0 Å². The zero-order chi connectivity index (χ0) is 23.0. The van der Waals surface area contributed by atoms with E-state index in [1.54, 1.807) is 38.1 Å². The molecule has 31 heavy (non-hydrogen) atoms. The topological polar surface area (TPSA) is 121 Å². The lowest BCUT2D eigenvalue weighted by atomic mass is 10.2. The Kier molecular flexibility index (Phi) is 9.03. The molecule has 1 N–H and O–H groups in total. The second-order valence-electron chi connectivity index (χ2n) is 7.15. The molecule has 168 valence electrons. The minimum absolute atomic E-state index is 0.0445. The summed E-state index contributed by atoms with van der Waals surface area (Å²) in [6.45, 7) is 9.07. The van der Waals surface area contributed by atoms with Gasteiger partial charge in [0.1, 0.15) is 6.54 Å². The highest BCUT2D eigenvalue weighted by Crippen LogP contribution is 2.27. The van der Waals surface area contributed by atoms with Crippen LogP contribution >= 0.6 is 11.8 Å². The highest BCUT2D eigenvalue weighted by atomic mass is 32.2. The maximum absolute atomic E-state index is 12.9. The van der Waals surface area contributed by atoms with Gasteiger partial charge in [0.25, 0.3) is 0 Å². The van der Waals surface area contributed by atoms with Crippen molar-refractivity contribution < 1.29 is 13.2 Å². The van der Waals surface area contributed by atoms with E-state index < -0.39 is 10.0 Å². The first kappa shape index (κ1) is 24.8. The van der Waals surface area contributed by atoms with Gasteiger partial charge in [-0.05, 0) is 18.1 Å². The highest BCUT2D eigenvalue weighted by Gasteiger charge is 2.23. The van der Waals surface area contributed by atoms with E-state index in [1.807, 2.05) is 10.6 Å². The van der Waals surface area contributed by atoms with Crippen molar-refractivity contribution >= 4 is 27.7 Å². The summed E-state index contributed by atoms with van der Waals surface area (Å²) in [5, 5.41) is 20.2. The molecule has 0 fully saturated rings. The Morgan fingerprint density at radius 3 is 2.61 bits per heavy atom. The minimum atomic E-state index is -3.60. The van der Waals surface area contributed by atoms with E-state index in [0.29, 0.717) is 36.2 Å². The first-order valence-corrected chi connectivity index (χ1v) is 12.5. The molecule has 9 nitrogen and oxygen atoms in total. The Bertz CT molecular complexity index is 1040. The van der Waals surface area contributed by atoms with Gasteiger partial charge in [-0.2, -0.15) is 9.57 Å². The normalized spacial score (nSPS) is 11.6. The molecule has 1 aromatic heterocycles. The molecule has 0 spiro atoms. The summed E-state index contributed by atoms with van der Waals surface area (Å²) in [4.78, 5) is 12.1. The van der Waals surface area contributed by atoms with E-state index in [9.17, 15) is 13.2 Å². The zero-order valence-corrected chi connectivity index (χ0v) is 19.8. The van der Waals surface area contributed by atoms with E-state index in [4.69, 9.17) is 5.26 Å². The molecule has 2 rings (SSSR count). The number of nitrogens with one attached hydrogen (secondary N) is 1. The highest BCUT2D eigenvalue weighted by molar-refractivity contribution is 7.99. The Morgan fingerprint density at radius 2 is 2.00 bits per heavy atom. The summed E-state index contributed by atoms with van der Waals surface area (Å²) in [5.41, 5.74) is 0.641. The number of nitriles is 1. The summed E-state index contributed by atoms with van der Waals surface area (Å²) in [5.74, 6) is 0.669. The van der Waals surface area contributed by atoms with Crippen LogP contribution in [0, 0.1) is 17.2 Å². The number of carbonyl (C=O) groups is 1. The number of benzene rings is 1. The standard InChI is InChI=1S/C20H28N6O3S2/c1-5-25(6-2)31(28,29)17-9-7-8-16(12-17)19-23-24-20(26(19)13-15(3)4)30-14-18(27)22-11-10-21/h7-9,12,15H,5-6,11,13-14H2,1-4H3,(H,22,27). The van der Waals surface area contributed by atoms with Crippen LogP contribution in [0.1, 0.15) is 27.7 Å². The maximum Gasteiger partial charge on any atom is 0.243 e. The second kappa shape index (κ2) is 11.3. The third-order valence-corrected chi connectivity index (χ3v) is 7.41. The zero-order valence-electron chi connectivity index (χ0n) is 18.2. The first-order valence-electron chi connectivity index (χ1n) is 10.0. The third kappa shape index (κ3) is 6.29. The minimum Gasteiger partial charge on any atom is -0.342 e. The molecule has 0 saturated heterocycles. The number of hydrogen-bond acceptors (Lipinski definition) is 7. The predicted molar refractivity (Wildman–Crippen MR) is 120 cm³/mol. The number of rotatable bonds is 11. The molecular formula is C20H28N6O3S2. The summed E-state index contributed by atoms with van der Waals surface area (Å²) in [6.07, 6.45) is 0. The SMILES string of the molecule is CCN(CC)S(=O)(=O)c1cccc(-c2nnc(SCC(=O)NCC#N)n2CC(C)C)c1. The van der Waals surface area contributed by atoms with Crippen LogP contribution in [0.5, 0.6) is 0 Å². The Balaban J connectivity index is 2.39. The number of hydrogen-bond donors (Lipinski definition) is 1. The molecule has 0 saturated carbocycles. The van der Waals surface area contributed by atoms with Crippen molar-refractivity contribution in [3.8, 4) is 17.5 Å². The number of sulfonamides is 1. The van der Waals surface area contributed by atoms with Crippen LogP contribution in [0.4, 0.5) is 0 Å². The monoisotopic (exact) mass is 464 g/mol. The van der Waals surface area contributed by atoms with Crippen LogP contribution in [-0.2, 0) is 21.4 Å². The number of aromatic nitrogens is 3. The van der Waals surface area contributed by atoms with Crippen LogP contribution < -0.4 is 5.32 Å². The number of nitrogens with zero attached hydrogens (tertiary/aromatic N) is 5. The summed E-state index contributed by atoms with van der Waals surface area (Å²) < 4.78 is 29.2. The van der Waals surface area contributed by atoms with Gasteiger partial charge in [0.2, 0.25) is 15.9 Å². The van der Waals surface area contributed by atoms with Crippen molar-refractivity contribution in [2.24, 2.45) is 5.92 Å². The van der Waals surface area contributed by atoms with Crippen molar-refractivity contribution in [1.29, 1.82) is 5.26 Å². The van der Waals surface area contributed by atoms with Crippen molar-refractivity contribution in [2.75, 3.05) is 25.4 Å². The summed E-state index contributed by atoms with van der Waals surface area (Å²) >= 11 is 1.23. The van der Waals surface area contributed by atoms with Crippen LogP contribution in [0.3, 0.4) is 0 Å². The Labute approximate surface area is 187 Å². The van der Waals surface area contributed by atoms with Crippen LogP contribution in [0.2, 0.25) is 0 Å². The molecule has 11 heteroatoms. The van der Waals surface area contributed by atoms with E-state index in [2.05, 4.69) is 29.4 Å². The molecule has 0 bridgehead atoms. The summed E-state index contributed by atoms with van der Waals surface area (Å²) in [7, 11) is -3.60. The Morgan fingerprint density at radius 1 is 1.29 bits per heavy atom. The first-order chi connectivity index (χ1) is 14.7. The number of thioether (sulfide) groups is 1. The largest absolute Gasteiger partial charge is 0.342 e. The summed E-state index contributed by atoms with van der Waals surface area (Å²) in [6, 6.07) is 8.56. The van der Waals surface area contributed by atoms with Gasteiger partial charge in [-0.1, -0.05) is 51.6 Å². The van der Waals surface area contributed by atoms with Gasteiger partial charge >= 0.3 is 0 Å². The third-order valence-electron chi connectivity index (χ3n) is 4.40.